The van der Waals surface area contributed by atoms with E-state index in [1.165, 1.54) is 3.57 Å². The third-order valence-corrected chi connectivity index (χ3v) is 3.55. The number of benzene rings is 1. The normalized spacial score (nSPS) is 13.1. The number of fused-ring (bicyclic) bond motifs is 1. The number of anilines is 1. The summed E-state index contributed by atoms with van der Waals surface area (Å²) in [5.41, 5.74) is 8.03. The number of ether oxygens (including phenoxy) is 1. The fourth-order valence-electron chi connectivity index (χ4n) is 2.04. The van der Waals surface area contributed by atoms with Crippen LogP contribution in [0.15, 0.2) is 18.2 Å². The van der Waals surface area contributed by atoms with Gasteiger partial charge in [0, 0.05) is 10.7 Å². The lowest BCUT2D eigenvalue weighted by atomic mass is 10.2. The number of hydrogen-bond donors (Lipinski definition) is 1. The Kier molecular flexibility index (Phi) is 3.88. The minimum atomic E-state index is 0.241. The Morgan fingerprint density at radius 2 is 2.29 bits per heavy atom. The van der Waals surface area contributed by atoms with Gasteiger partial charge in [-0.3, -0.25) is 0 Å². The fraction of sp³-hybridized carbons (Fsp3) is 0.417. The summed E-state index contributed by atoms with van der Waals surface area (Å²) in [7, 11) is 1.71. The molecule has 0 aliphatic carbocycles. The molecule has 2 rings (SSSR count). The number of nitrogens with two attached hydrogens (primary N) is 1. The number of aromatic nitrogens is 2. The first kappa shape index (κ1) is 12.6. The maximum atomic E-state index is 6.00. The van der Waals surface area contributed by atoms with Gasteiger partial charge in [0.2, 0.25) is 5.95 Å². The average Bonchev–Trinajstić information content (AvgIpc) is 2.61. The zero-order valence-electron chi connectivity index (χ0n) is 9.98. The Morgan fingerprint density at radius 1 is 1.53 bits per heavy atom. The SMILES string of the molecule is CCC(COC)n1c(N)nc2cc(I)ccc21. The molecule has 4 nitrogen and oxygen atoms in total. The Balaban J connectivity index is 2.55. The number of halogens is 1. The Labute approximate surface area is 114 Å². The highest BCUT2D eigenvalue weighted by atomic mass is 127. The van der Waals surface area contributed by atoms with E-state index in [-0.39, 0.29) is 6.04 Å². The first-order chi connectivity index (χ1) is 8.17. The van der Waals surface area contributed by atoms with Crippen molar-refractivity contribution in [2.75, 3.05) is 19.5 Å². The van der Waals surface area contributed by atoms with Crippen LogP contribution in [0, 0.1) is 3.57 Å². The zero-order valence-corrected chi connectivity index (χ0v) is 12.1. The van der Waals surface area contributed by atoms with Gasteiger partial charge in [0.1, 0.15) is 0 Å². The summed E-state index contributed by atoms with van der Waals surface area (Å²) in [6, 6.07) is 6.42. The van der Waals surface area contributed by atoms with Crippen LogP contribution >= 0.6 is 22.6 Å². The second-order valence-electron chi connectivity index (χ2n) is 3.99. The van der Waals surface area contributed by atoms with Crippen molar-refractivity contribution < 1.29 is 4.74 Å². The van der Waals surface area contributed by atoms with Crippen LogP contribution in [0.1, 0.15) is 19.4 Å². The molecule has 0 bridgehead atoms. The lowest BCUT2D eigenvalue weighted by Gasteiger charge is -2.18. The summed E-state index contributed by atoms with van der Waals surface area (Å²) in [6.45, 7) is 2.78. The van der Waals surface area contributed by atoms with Gasteiger partial charge < -0.3 is 15.0 Å². The summed E-state index contributed by atoms with van der Waals surface area (Å²) < 4.78 is 8.47. The number of rotatable bonds is 4. The monoisotopic (exact) mass is 345 g/mol. The molecule has 1 aromatic carbocycles. The molecule has 92 valence electrons. The largest absolute Gasteiger partial charge is 0.383 e. The third-order valence-electron chi connectivity index (χ3n) is 2.87. The van der Waals surface area contributed by atoms with Crippen LogP contribution in [0.5, 0.6) is 0 Å². The van der Waals surface area contributed by atoms with E-state index < -0.39 is 0 Å². The standard InChI is InChI=1S/C12H16IN3O/c1-3-9(7-17-2)16-11-5-4-8(13)6-10(11)15-12(16)14/h4-6,9H,3,7H2,1-2H3,(H2,14,15). The molecular weight excluding hydrogens is 329 g/mol. The highest BCUT2D eigenvalue weighted by Crippen LogP contribution is 2.26. The Hall–Kier alpha value is -0.820. The van der Waals surface area contributed by atoms with Crippen molar-refractivity contribution in [1.82, 2.24) is 9.55 Å². The zero-order chi connectivity index (χ0) is 12.4. The molecule has 1 atom stereocenters. The van der Waals surface area contributed by atoms with Crippen molar-refractivity contribution in [3.05, 3.63) is 21.8 Å². The summed E-state index contributed by atoms with van der Waals surface area (Å²) in [4.78, 5) is 4.41. The van der Waals surface area contributed by atoms with Crippen molar-refractivity contribution in [2.24, 2.45) is 0 Å². The number of nitrogens with zero attached hydrogens (tertiary/aromatic N) is 2. The molecule has 0 fully saturated rings. The predicted octanol–water partition coefficient (Wildman–Crippen LogP) is 2.82. The second kappa shape index (κ2) is 5.22. The van der Waals surface area contributed by atoms with Gasteiger partial charge in [-0.2, -0.15) is 0 Å². The fourth-order valence-corrected chi connectivity index (χ4v) is 2.52. The van der Waals surface area contributed by atoms with Crippen LogP contribution < -0.4 is 5.73 Å². The minimum Gasteiger partial charge on any atom is -0.383 e. The molecule has 0 aliphatic heterocycles. The molecule has 0 amide bonds. The first-order valence-corrected chi connectivity index (χ1v) is 6.67. The highest BCUT2D eigenvalue weighted by Gasteiger charge is 2.16. The van der Waals surface area contributed by atoms with Gasteiger partial charge in [0.25, 0.3) is 0 Å². The maximum Gasteiger partial charge on any atom is 0.201 e. The molecule has 0 saturated heterocycles. The lowest BCUT2D eigenvalue weighted by Crippen LogP contribution is -2.15. The first-order valence-electron chi connectivity index (χ1n) is 5.59. The topological polar surface area (TPSA) is 53.1 Å². The molecule has 0 saturated carbocycles. The predicted molar refractivity (Wildman–Crippen MR) is 78.1 cm³/mol. The van der Waals surface area contributed by atoms with Crippen LogP contribution in [0.25, 0.3) is 11.0 Å². The molecule has 0 radical (unpaired) electrons. The van der Waals surface area contributed by atoms with Crippen LogP contribution in [0.4, 0.5) is 5.95 Å². The summed E-state index contributed by atoms with van der Waals surface area (Å²) >= 11 is 2.28. The van der Waals surface area contributed by atoms with Gasteiger partial charge in [0.05, 0.1) is 23.7 Å². The number of nitrogen functional groups attached to an aromatic ring is 1. The third kappa shape index (κ3) is 2.40. The number of methoxy groups -OCH3 is 1. The number of imidazole rings is 1. The van der Waals surface area contributed by atoms with E-state index in [1.54, 1.807) is 7.11 Å². The van der Waals surface area contributed by atoms with Crippen LogP contribution in [0.2, 0.25) is 0 Å². The molecular formula is C12H16IN3O. The van der Waals surface area contributed by atoms with E-state index in [2.05, 4.69) is 51.2 Å². The molecule has 2 aromatic rings. The van der Waals surface area contributed by atoms with E-state index in [9.17, 15) is 0 Å². The summed E-state index contributed by atoms with van der Waals surface area (Å²) in [5, 5.41) is 0. The van der Waals surface area contributed by atoms with Crippen LogP contribution in [0.3, 0.4) is 0 Å². The summed E-state index contributed by atoms with van der Waals surface area (Å²) in [6.07, 6.45) is 0.968. The van der Waals surface area contributed by atoms with E-state index >= 15 is 0 Å². The molecule has 0 spiro atoms. The van der Waals surface area contributed by atoms with Crippen molar-refractivity contribution in [2.45, 2.75) is 19.4 Å². The van der Waals surface area contributed by atoms with E-state index in [1.807, 2.05) is 6.07 Å². The highest BCUT2D eigenvalue weighted by molar-refractivity contribution is 14.1. The average molecular weight is 345 g/mol. The maximum absolute atomic E-state index is 6.00. The Morgan fingerprint density at radius 3 is 2.94 bits per heavy atom. The van der Waals surface area contributed by atoms with Crippen molar-refractivity contribution >= 4 is 39.6 Å². The lowest BCUT2D eigenvalue weighted by molar-refractivity contribution is 0.155. The minimum absolute atomic E-state index is 0.241. The van der Waals surface area contributed by atoms with E-state index in [4.69, 9.17) is 10.5 Å². The molecule has 17 heavy (non-hydrogen) atoms. The van der Waals surface area contributed by atoms with Crippen LogP contribution in [-0.2, 0) is 4.74 Å². The smallest absolute Gasteiger partial charge is 0.201 e. The molecule has 0 aliphatic rings. The van der Waals surface area contributed by atoms with Gasteiger partial charge in [0.15, 0.2) is 0 Å². The molecule has 5 heteroatoms. The van der Waals surface area contributed by atoms with Crippen molar-refractivity contribution in [3.8, 4) is 0 Å². The molecule has 2 N–H and O–H groups in total. The van der Waals surface area contributed by atoms with E-state index in [0.29, 0.717) is 12.6 Å². The molecule has 1 heterocycles. The Bertz CT molecular complexity index is 524. The summed E-state index contributed by atoms with van der Waals surface area (Å²) in [5.74, 6) is 0.561. The van der Waals surface area contributed by atoms with Gasteiger partial charge in [-0.25, -0.2) is 4.98 Å². The van der Waals surface area contributed by atoms with Gasteiger partial charge in [-0.15, -0.1) is 0 Å². The van der Waals surface area contributed by atoms with Gasteiger partial charge in [-0.05, 0) is 47.2 Å². The van der Waals surface area contributed by atoms with Gasteiger partial charge in [-0.1, -0.05) is 6.92 Å². The second-order valence-corrected chi connectivity index (χ2v) is 5.24. The van der Waals surface area contributed by atoms with Crippen molar-refractivity contribution in [3.63, 3.8) is 0 Å². The van der Waals surface area contributed by atoms with Gasteiger partial charge >= 0.3 is 0 Å². The molecule has 1 aromatic heterocycles. The molecule has 1 unspecified atom stereocenters. The van der Waals surface area contributed by atoms with Crippen LogP contribution in [-0.4, -0.2) is 23.3 Å². The van der Waals surface area contributed by atoms with E-state index in [0.717, 1.165) is 17.5 Å². The quantitative estimate of drug-likeness (QED) is 0.867. The number of hydrogen-bond acceptors (Lipinski definition) is 3. The van der Waals surface area contributed by atoms with Crippen molar-refractivity contribution in [1.29, 1.82) is 0 Å².